The summed E-state index contributed by atoms with van der Waals surface area (Å²) in [7, 11) is 2.23. The largest absolute Gasteiger partial charge is 0.314 e. The second-order valence-electron chi connectivity index (χ2n) is 6.08. The monoisotopic (exact) mass is 239 g/mol. The number of nitrogens with zero attached hydrogens (tertiary/aromatic N) is 1. The van der Waals surface area contributed by atoms with Crippen LogP contribution >= 0.6 is 0 Å². The van der Waals surface area contributed by atoms with Gasteiger partial charge in [-0.2, -0.15) is 0 Å². The molecule has 2 atom stereocenters. The maximum atomic E-state index is 3.74. The third kappa shape index (κ3) is 4.57. The van der Waals surface area contributed by atoms with Gasteiger partial charge in [0.2, 0.25) is 0 Å². The Morgan fingerprint density at radius 3 is 2.71 bits per heavy atom. The van der Waals surface area contributed by atoms with Crippen LogP contribution < -0.4 is 10.6 Å². The topological polar surface area (TPSA) is 27.3 Å². The average Bonchev–Trinajstić information content (AvgIpc) is 2.81. The van der Waals surface area contributed by atoms with E-state index in [1.54, 1.807) is 0 Å². The smallest absolute Gasteiger partial charge is 0.00822 e. The molecule has 2 fully saturated rings. The van der Waals surface area contributed by atoms with E-state index in [4.69, 9.17) is 0 Å². The zero-order chi connectivity index (χ0) is 12.1. The Bertz CT molecular complexity index is 206. The van der Waals surface area contributed by atoms with E-state index in [-0.39, 0.29) is 0 Å². The zero-order valence-electron chi connectivity index (χ0n) is 11.5. The van der Waals surface area contributed by atoms with Crippen molar-refractivity contribution in [3.63, 3.8) is 0 Å². The third-order valence-corrected chi connectivity index (χ3v) is 4.39. The Hall–Kier alpha value is -0.120. The first kappa shape index (κ1) is 13.3. The molecule has 100 valence electrons. The molecule has 2 unspecified atom stereocenters. The summed E-state index contributed by atoms with van der Waals surface area (Å²) >= 11 is 0. The van der Waals surface area contributed by atoms with Gasteiger partial charge >= 0.3 is 0 Å². The molecule has 0 spiro atoms. The van der Waals surface area contributed by atoms with Crippen LogP contribution in [-0.4, -0.2) is 50.2 Å². The van der Waals surface area contributed by atoms with E-state index >= 15 is 0 Å². The van der Waals surface area contributed by atoms with Gasteiger partial charge in [-0.15, -0.1) is 0 Å². The van der Waals surface area contributed by atoms with E-state index in [2.05, 4.69) is 29.5 Å². The van der Waals surface area contributed by atoms with Crippen molar-refractivity contribution in [2.45, 2.75) is 51.1 Å². The van der Waals surface area contributed by atoms with Crippen LogP contribution in [0.15, 0.2) is 0 Å². The lowest BCUT2D eigenvalue weighted by Gasteiger charge is -2.30. The average molecular weight is 239 g/mol. The molecule has 3 heteroatoms. The predicted octanol–water partition coefficient (Wildman–Crippen LogP) is 1.45. The quantitative estimate of drug-likeness (QED) is 0.760. The fourth-order valence-corrected chi connectivity index (χ4v) is 3.10. The summed E-state index contributed by atoms with van der Waals surface area (Å²) in [5.41, 5.74) is 0. The second-order valence-corrected chi connectivity index (χ2v) is 6.08. The second kappa shape index (κ2) is 6.72. The molecular formula is C14H29N3. The molecular weight excluding hydrogens is 210 g/mol. The highest BCUT2D eigenvalue weighted by Gasteiger charge is 2.19. The molecule has 0 aromatic rings. The number of hydrogen-bond acceptors (Lipinski definition) is 3. The van der Waals surface area contributed by atoms with Crippen molar-refractivity contribution in [2.24, 2.45) is 5.92 Å². The van der Waals surface area contributed by atoms with Crippen LogP contribution in [0.2, 0.25) is 0 Å². The summed E-state index contributed by atoms with van der Waals surface area (Å²) in [6.45, 7) is 7.36. The molecule has 0 saturated carbocycles. The molecule has 2 aliphatic heterocycles. The predicted molar refractivity (Wildman–Crippen MR) is 73.3 cm³/mol. The zero-order valence-corrected chi connectivity index (χ0v) is 11.5. The maximum Gasteiger partial charge on any atom is 0.00822 e. The first-order valence-electron chi connectivity index (χ1n) is 7.39. The highest BCUT2D eigenvalue weighted by atomic mass is 15.1. The molecule has 2 rings (SSSR count). The molecule has 2 heterocycles. The summed E-state index contributed by atoms with van der Waals surface area (Å²) in [4.78, 5) is 2.45. The molecule has 0 aromatic heterocycles. The van der Waals surface area contributed by atoms with E-state index in [1.165, 1.54) is 58.3 Å². The maximum absolute atomic E-state index is 3.74. The van der Waals surface area contributed by atoms with Gasteiger partial charge in [-0.3, -0.25) is 0 Å². The highest BCUT2D eigenvalue weighted by Crippen LogP contribution is 2.16. The fraction of sp³-hybridized carbons (Fsp3) is 1.00. The van der Waals surface area contributed by atoms with Crippen molar-refractivity contribution in [2.75, 3.05) is 33.2 Å². The molecule has 0 bridgehead atoms. The normalized spacial score (nSPS) is 29.6. The molecule has 2 saturated heterocycles. The van der Waals surface area contributed by atoms with Gasteiger partial charge in [-0.05, 0) is 78.2 Å². The standard InChI is InChI=1S/C14H29N3/c1-12(10-14-4-3-7-15-14)16-11-13-5-8-17(2)9-6-13/h12-16H,3-11H2,1-2H3. The lowest BCUT2D eigenvalue weighted by Crippen LogP contribution is -2.39. The lowest BCUT2D eigenvalue weighted by molar-refractivity contribution is 0.212. The molecule has 3 nitrogen and oxygen atoms in total. The Balaban J connectivity index is 1.57. The first-order chi connectivity index (χ1) is 8.24. The van der Waals surface area contributed by atoms with Gasteiger partial charge in [0.25, 0.3) is 0 Å². The van der Waals surface area contributed by atoms with E-state index < -0.39 is 0 Å². The molecule has 2 aliphatic rings. The number of likely N-dealkylation sites (tertiary alicyclic amines) is 1. The van der Waals surface area contributed by atoms with Gasteiger partial charge in [0, 0.05) is 12.1 Å². The molecule has 0 aliphatic carbocycles. The Morgan fingerprint density at radius 1 is 1.29 bits per heavy atom. The fourth-order valence-electron chi connectivity index (χ4n) is 3.10. The SMILES string of the molecule is CC(CC1CCCN1)NCC1CCN(C)CC1. The molecule has 0 amide bonds. The van der Waals surface area contributed by atoms with Crippen molar-refractivity contribution in [1.29, 1.82) is 0 Å². The van der Waals surface area contributed by atoms with Crippen molar-refractivity contribution >= 4 is 0 Å². The summed E-state index contributed by atoms with van der Waals surface area (Å²) in [6.07, 6.45) is 6.79. The van der Waals surface area contributed by atoms with E-state index in [9.17, 15) is 0 Å². The van der Waals surface area contributed by atoms with Gasteiger partial charge in [-0.25, -0.2) is 0 Å². The van der Waals surface area contributed by atoms with Crippen LogP contribution in [0.25, 0.3) is 0 Å². The van der Waals surface area contributed by atoms with Crippen LogP contribution in [-0.2, 0) is 0 Å². The minimum atomic E-state index is 0.672. The van der Waals surface area contributed by atoms with E-state index in [1.807, 2.05) is 0 Å². The molecule has 17 heavy (non-hydrogen) atoms. The van der Waals surface area contributed by atoms with Crippen LogP contribution in [0.4, 0.5) is 0 Å². The first-order valence-corrected chi connectivity index (χ1v) is 7.39. The van der Waals surface area contributed by atoms with Gasteiger partial charge in [0.1, 0.15) is 0 Å². The van der Waals surface area contributed by atoms with Crippen LogP contribution in [0.1, 0.15) is 39.0 Å². The van der Waals surface area contributed by atoms with E-state index in [0.29, 0.717) is 6.04 Å². The van der Waals surface area contributed by atoms with Gasteiger partial charge < -0.3 is 15.5 Å². The molecule has 2 N–H and O–H groups in total. The van der Waals surface area contributed by atoms with Gasteiger partial charge in [0.05, 0.1) is 0 Å². The summed E-state index contributed by atoms with van der Waals surface area (Å²) in [5.74, 6) is 0.908. The van der Waals surface area contributed by atoms with Crippen molar-refractivity contribution < 1.29 is 0 Å². The van der Waals surface area contributed by atoms with Gasteiger partial charge in [0.15, 0.2) is 0 Å². The van der Waals surface area contributed by atoms with Crippen molar-refractivity contribution in [3.05, 3.63) is 0 Å². The molecule has 0 radical (unpaired) electrons. The number of nitrogens with one attached hydrogen (secondary N) is 2. The summed E-state index contributed by atoms with van der Waals surface area (Å²) in [5, 5.41) is 7.32. The van der Waals surface area contributed by atoms with Gasteiger partial charge in [-0.1, -0.05) is 0 Å². The Labute approximate surface area is 106 Å². The van der Waals surface area contributed by atoms with E-state index in [0.717, 1.165) is 12.0 Å². The Kier molecular flexibility index (Phi) is 5.26. The number of piperidine rings is 1. The Morgan fingerprint density at radius 2 is 2.06 bits per heavy atom. The number of rotatable bonds is 5. The minimum absolute atomic E-state index is 0.672. The molecule has 0 aromatic carbocycles. The highest BCUT2D eigenvalue weighted by molar-refractivity contribution is 4.80. The van der Waals surface area contributed by atoms with Crippen molar-refractivity contribution in [1.82, 2.24) is 15.5 Å². The minimum Gasteiger partial charge on any atom is -0.314 e. The number of hydrogen-bond donors (Lipinski definition) is 2. The van der Waals surface area contributed by atoms with Crippen LogP contribution in [0.5, 0.6) is 0 Å². The summed E-state index contributed by atoms with van der Waals surface area (Å²) in [6, 6.07) is 1.44. The third-order valence-electron chi connectivity index (χ3n) is 4.39. The lowest BCUT2D eigenvalue weighted by atomic mass is 9.96. The summed E-state index contributed by atoms with van der Waals surface area (Å²) < 4.78 is 0. The van der Waals surface area contributed by atoms with Crippen LogP contribution in [0.3, 0.4) is 0 Å². The van der Waals surface area contributed by atoms with Crippen LogP contribution in [0, 0.1) is 5.92 Å². The van der Waals surface area contributed by atoms with Crippen molar-refractivity contribution in [3.8, 4) is 0 Å².